The number of rotatable bonds is 11. The second-order valence-electron chi connectivity index (χ2n) is 8.65. The average molecular weight is 499 g/mol. The predicted molar refractivity (Wildman–Crippen MR) is 152 cm³/mol. The first-order valence-corrected chi connectivity index (χ1v) is 12.9. The van der Waals surface area contributed by atoms with E-state index in [1.54, 1.807) is 6.08 Å². The predicted octanol–water partition coefficient (Wildman–Crippen LogP) is 8.09. The Labute approximate surface area is 221 Å². The Morgan fingerprint density at radius 1 is 0.892 bits per heavy atom. The molecule has 4 heteroatoms. The van der Waals surface area contributed by atoms with Crippen molar-refractivity contribution in [2.45, 2.75) is 58.8 Å². The van der Waals surface area contributed by atoms with Crippen molar-refractivity contribution >= 4 is 11.6 Å². The molecule has 2 aliphatic rings. The van der Waals surface area contributed by atoms with Crippen molar-refractivity contribution in [1.29, 1.82) is 0 Å². The lowest BCUT2D eigenvalue weighted by Crippen LogP contribution is -2.24. The van der Waals surface area contributed by atoms with E-state index in [1.807, 2.05) is 68.5 Å². The van der Waals surface area contributed by atoms with E-state index >= 15 is 0 Å². The first kappa shape index (κ1) is 29.3. The van der Waals surface area contributed by atoms with Crippen LogP contribution in [0.2, 0.25) is 0 Å². The molecule has 0 aromatic heterocycles. The zero-order valence-electron chi connectivity index (χ0n) is 22.0. The topological polar surface area (TPSA) is 74.6 Å². The molecule has 0 amide bonds. The molecule has 0 saturated carbocycles. The number of hydrogen-bond donors (Lipinski definition) is 2. The van der Waals surface area contributed by atoms with Gasteiger partial charge in [0.05, 0.1) is 0 Å². The van der Waals surface area contributed by atoms with Gasteiger partial charge in [-0.25, -0.2) is 0 Å². The minimum Gasteiger partial charge on any atom is -0.504 e. The summed E-state index contributed by atoms with van der Waals surface area (Å²) in [7, 11) is 0. The summed E-state index contributed by atoms with van der Waals surface area (Å²) in [6.07, 6.45) is 17.7. The van der Waals surface area contributed by atoms with Crippen molar-refractivity contribution in [3.05, 3.63) is 131 Å². The van der Waals surface area contributed by atoms with Gasteiger partial charge in [0.1, 0.15) is 0 Å². The van der Waals surface area contributed by atoms with Crippen LogP contribution in [0.3, 0.4) is 0 Å². The monoisotopic (exact) mass is 498 g/mol. The highest BCUT2D eigenvalue weighted by atomic mass is 16.3. The highest BCUT2D eigenvalue weighted by Gasteiger charge is 2.34. The normalized spacial score (nSPS) is 16.0. The minimum absolute atomic E-state index is 0.0205. The van der Waals surface area contributed by atoms with E-state index in [0.29, 0.717) is 12.8 Å². The van der Waals surface area contributed by atoms with E-state index in [-0.39, 0.29) is 24.0 Å². The number of hydrogen-bond acceptors (Lipinski definition) is 4. The Morgan fingerprint density at radius 2 is 1.51 bits per heavy atom. The molecule has 2 N–H and O–H groups in total. The smallest absolute Gasteiger partial charge is 0.227 e. The quantitative estimate of drug-likeness (QED) is 0.239. The van der Waals surface area contributed by atoms with Gasteiger partial charge in [-0.2, -0.15) is 0 Å². The van der Waals surface area contributed by atoms with Crippen LogP contribution in [0.15, 0.2) is 125 Å². The second-order valence-corrected chi connectivity index (χ2v) is 8.65. The summed E-state index contributed by atoms with van der Waals surface area (Å²) in [5.41, 5.74) is 4.38. The van der Waals surface area contributed by atoms with E-state index in [0.717, 1.165) is 36.0 Å². The third kappa shape index (κ3) is 8.32. The second kappa shape index (κ2) is 15.2. The minimum atomic E-state index is -0.659. The molecule has 0 radical (unpaired) electrons. The van der Waals surface area contributed by atoms with Crippen LogP contribution in [-0.4, -0.2) is 21.8 Å². The number of carbonyl (C=O) groups is 2. The third-order valence-electron chi connectivity index (χ3n) is 6.32. The summed E-state index contributed by atoms with van der Waals surface area (Å²) in [6, 6.07) is 9.50. The fraction of sp³-hybridized carbons (Fsp3) is 0.273. The highest BCUT2D eigenvalue weighted by Crippen LogP contribution is 2.30. The first-order valence-electron chi connectivity index (χ1n) is 12.9. The molecule has 3 rings (SSSR count). The van der Waals surface area contributed by atoms with E-state index in [1.165, 1.54) is 5.57 Å². The average Bonchev–Trinajstić information content (AvgIpc) is 3.16. The van der Waals surface area contributed by atoms with Crippen molar-refractivity contribution in [1.82, 2.24) is 0 Å². The lowest BCUT2D eigenvalue weighted by Gasteiger charge is -2.18. The maximum absolute atomic E-state index is 12.8. The van der Waals surface area contributed by atoms with Gasteiger partial charge in [0.25, 0.3) is 0 Å². The number of aryl methyl sites for hydroxylation is 1. The highest BCUT2D eigenvalue weighted by molar-refractivity contribution is 6.23. The van der Waals surface area contributed by atoms with Gasteiger partial charge in [0.15, 0.2) is 11.5 Å². The van der Waals surface area contributed by atoms with Gasteiger partial charge in [0, 0.05) is 11.1 Å². The van der Waals surface area contributed by atoms with Crippen molar-refractivity contribution in [3.8, 4) is 0 Å². The summed E-state index contributed by atoms with van der Waals surface area (Å²) < 4.78 is 0. The van der Waals surface area contributed by atoms with E-state index in [2.05, 4.69) is 25.3 Å². The molecule has 37 heavy (non-hydrogen) atoms. The van der Waals surface area contributed by atoms with Crippen molar-refractivity contribution in [2.24, 2.45) is 0 Å². The molecule has 1 aromatic rings. The van der Waals surface area contributed by atoms with Crippen LogP contribution in [0.5, 0.6) is 0 Å². The van der Waals surface area contributed by atoms with Crippen LogP contribution in [0.25, 0.3) is 0 Å². The number of Topliss-reactive ketones (excluding diaryl/α,β-unsaturated/α-hetero) is 2. The maximum atomic E-state index is 12.8. The van der Waals surface area contributed by atoms with Crippen LogP contribution in [-0.2, 0) is 16.0 Å². The molecule has 2 aliphatic carbocycles. The number of carbonyl (C=O) groups excluding carboxylic acids is 2. The van der Waals surface area contributed by atoms with E-state index in [4.69, 9.17) is 0 Å². The number of benzene rings is 1. The Hall–Kier alpha value is -3.92. The summed E-state index contributed by atoms with van der Waals surface area (Å²) in [5, 5.41) is 21.0. The molecule has 0 saturated heterocycles. The van der Waals surface area contributed by atoms with Gasteiger partial charge in [-0.05, 0) is 56.1 Å². The zero-order valence-corrected chi connectivity index (χ0v) is 22.0. The number of allylic oxidation sites excluding steroid dienone is 12. The Kier molecular flexibility index (Phi) is 12.1. The third-order valence-corrected chi connectivity index (χ3v) is 6.32. The molecule has 0 aliphatic heterocycles. The Morgan fingerprint density at radius 3 is 2.11 bits per heavy atom. The Balaban J connectivity index is 0.00000235. The van der Waals surface area contributed by atoms with Crippen LogP contribution >= 0.6 is 0 Å². The fourth-order valence-corrected chi connectivity index (χ4v) is 4.21. The molecule has 1 aromatic carbocycles. The molecular formula is C33H38O4. The molecule has 0 atom stereocenters. The largest absolute Gasteiger partial charge is 0.504 e. The first-order chi connectivity index (χ1) is 17.9. The molecule has 0 heterocycles. The van der Waals surface area contributed by atoms with Crippen molar-refractivity contribution in [3.63, 3.8) is 0 Å². The molecule has 0 unspecified atom stereocenters. The summed E-state index contributed by atoms with van der Waals surface area (Å²) in [4.78, 5) is 25.5. The van der Waals surface area contributed by atoms with Gasteiger partial charge in [0.2, 0.25) is 11.6 Å². The summed E-state index contributed by atoms with van der Waals surface area (Å²) in [5.74, 6) is -2.40. The van der Waals surface area contributed by atoms with Crippen LogP contribution in [0.1, 0.15) is 57.9 Å². The summed E-state index contributed by atoms with van der Waals surface area (Å²) in [6.45, 7) is 11.6. The lowest BCUT2D eigenvalue weighted by molar-refractivity contribution is -0.120. The Bertz CT molecular complexity index is 1180. The molecule has 4 nitrogen and oxygen atoms in total. The van der Waals surface area contributed by atoms with Crippen molar-refractivity contribution < 1.29 is 19.8 Å². The molecule has 0 spiro atoms. The molecule has 0 fully saturated rings. The number of aliphatic hydroxyl groups excluding tert-OH is 2. The number of aliphatic hydroxyl groups is 2. The van der Waals surface area contributed by atoms with Gasteiger partial charge >= 0.3 is 0 Å². The summed E-state index contributed by atoms with van der Waals surface area (Å²) >= 11 is 0. The standard InChI is InChI=1S/C31H32O4.C2H6/c1-3-9-22(4-2)14-15-24-12-8-13-25(17-16-24)19-21-27-30(34)28(32)26(29(33)31(27)35)20-18-23-10-6-5-7-11-23;1-2/h3-13,17,32,35H,1-2,14-16,18-21H2;1-2H3/b22-9+;. The van der Waals surface area contributed by atoms with Crippen LogP contribution in [0.4, 0.5) is 0 Å². The molecule has 194 valence electrons. The lowest BCUT2D eigenvalue weighted by atomic mass is 9.87. The van der Waals surface area contributed by atoms with Gasteiger partial charge in [-0.15, -0.1) is 0 Å². The SMILES string of the molecule is C=C/C=C(\C=C)CCC1=CC=CC(CCC2=C(O)C(=O)C(CCc3ccccc3)=C(O)C2=O)=CC1.CC. The molecule has 0 bridgehead atoms. The van der Waals surface area contributed by atoms with Crippen LogP contribution in [0, 0.1) is 0 Å². The molecular weight excluding hydrogens is 460 g/mol. The number of ketones is 2. The van der Waals surface area contributed by atoms with Gasteiger partial charge in [-0.3, -0.25) is 9.59 Å². The van der Waals surface area contributed by atoms with E-state index < -0.39 is 23.1 Å². The maximum Gasteiger partial charge on any atom is 0.227 e. The van der Waals surface area contributed by atoms with E-state index in [9.17, 15) is 19.8 Å². The zero-order chi connectivity index (χ0) is 27.2. The van der Waals surface area contributed by atoms with Crippen molar-refractivity contribution in [2.75, 3.05) is 0 Å². The van der Waals surface area contributed by atoms with Crippen LogP contribution < -0.4 is 0 Å². The van der Waals surface area contributed by atoms with Gasteiger partial charge in [-0.1, -0.05) is 111 Å². The fourth-order valence-electron chi connectivity index (χ4n) is 4.21. The van der Waals surface area contributed by atoms with Gasteiger partial charge < -0.3 is 10.2 Å².